The number of rotatable bonds is 1. The molecule has 1 rings (SSSR count). The summed E-state index contributed by atoms with van der Waals surface area (Å²) in [6.45, 7) is 5.24. The lowest BCUT2D eigenvalue weighted by Crippen LogP contribution is -2.35. The van der Waals surface area contributed by atoms with Crippen LogP contribution in [0, 0.1) is 5.92 Å². The van der Waals surface area contributed by atoms with Crippen molar-refractivity contribution in [1.82, 2.24) is 5.32 Å². The van der Waals surface area contributed by atoms with E-state index in [-0.39, 0.29) is 6.10 Å². The van der Waals surface area contributed by atoms with Gasteiger partial charge in [0.05, 0.1) is 6.10 Å². The Morgan fingerprint density at radius 3 is 2.44 bits per heavy atom. The maximum Gasteiger partial charge on any atom is 0.0707 e. The number of aliphatic hydroxyl groups is 1. The molecule has 1 fully saturated rings. The summed E-state index contributed by atoms with van der Waals surface area (Å²) in [6, 6.07) is 0.338. The van der Waals surface area contributed by atoms with Crippen LogP contribution in [-0.4, -0.2) is 23.8 Å². The Morgan fingerprint density at radius 2 is 2.22 bits per heavy atom. The predicted molar refractivity (Wildman–Crippen MR) is 37.3 cm³/mol. The minimum Gasteiger partial charge on any atom is -0.391 e. The van der Waals surface area contributed by atoms with Gasteiger partial charge in [-0.3, -0.25) is 0 Å². The van der Waals surface area contributed by atoms with Gasteiger partial charge in [-0.05, 0) is 18.9 Å². The molecule has 0 saturated carbocycles. The van der Waals surface area contributed by atoms with E-state index in [4.69, 9.17) is 0 Å². The first-order chi connectivity index (χ1) is 4.22. The Morgan fingerprint density at radius 1 is 1.56 bits per heavy atom. The average molecular weight is 129 g/mol. The fourth-order valence-electron chi connectivity index (χ4n) is 1.39. The second-order valence-electron chi connectivity index (χ2n) is 3.08. The molecule has 1 saturated heterocycles. The van der Waals surface area contributed by atoms with Gasteiger partial charge in [0.15, 0.2) is 0 Å². The van der Waals surface area contributed by atoms with Gasteiger partial charge in [-0.25, -0.2) is 0 Å². The molecule has 0 bridgehead atoms. The summed E-state index contributed by atoms with van der Waals surface area (Å²) in [5.74, 6) is 0.558. The molecule has 0 aromatic heterocycles. The number of hydrogen-bond donors (Lipinski definition) is 2. The second kappa shape index (κ2) is 2.67. The van der Waals surface area contributed by atoms with Crippen LogP contribution in [-0.2, 0) is 0 Å². The Balaban J connectivity index is 2.40. The van der Waals surface area contributed by atoms with Gasteiger partial charge >= 0.3 is 0 Å². The van der Waals surface area contributed by atoms with E-state index in [0.717, 1.165) is 13.0 Å². The number of nitrogens with one attached hydrogen (secondary N) is 1. The molecule has 2 heteroatoms. The van der Waals surface area contributed by atoms with Crippen LogP contribution in [0.4, 0.5) is 0 Å². The van der Waals surface area contributed by atoms with Gasteiger partial charge in [0.1, 0.15) is 0 Å². The van der Waals surface area contributed by atoms with E-state index in [1.807, 2.05) is 0 Å². The Bertz CT molecular complexity index is 92.9. The SMILES string of the molecule is CC(C)[C@@H]1NCC[C@@H]1O. The van der Waals surface area contributed by atoms with E-state index in [2.05, 4.69) is 19.2 Å². The zero-order valence-corrected chi connectivity index (χ0v) is 6.09. The maximum atomic E-state index is 9.30. The van der Waals surface area contributed by atoms with Gasteiger partial charge in [-0.15, -0.1) is 0 Å². The minimum atomic E-state index is -0.106. The number of hydrogen-bond acceptors (Lipinski definition) is 2. The zero-order valence-electron chi connectivity index (χ0n) is 6.09. The number of aliphatic hydroxyl groups excluding tert-OH is 1. The van der Waals surface area contributed by atoms with Crippen molar-refractivity contribution < 1.29 is 5.11 Å². The molecular formula is C7H15NO. The fourth-order valence-corrected chi connectivity index (χ4v) is 1.39. The van der Waals surface area contributed by atoms with Gasteiger partial charge in [0.2, 0.25) is 0 Å². The quantitative estimate of drug-likeness (QED) is 0.536. The highest BCUT2D eigenvalue weighted by atomic mass is 16.3. The monoisotopic (exact) mass is 129 g/mol. The largest absolute Gasteiger partial charge is 0.391 e. The highest BCUT2D eigenvalue weighted by Crippen LogP contribution is 2.13. The topological polar surface area (TPSA) is 32.3 Å². The Labute approximate surface area is 56.3 Å². The summed E-state index contributed by atoms with van der Waals surface area (Å²) in [6.07, 6.45) is 0.813. The second-order valence-corrected chi connectivity index (χ2v) is 3.08. The molecule has 0 aromatic carbocycles. The highest BCUT2D eigenvalue weighted by molar-refractivity contribution is 4.84. The van der Waals surface area contributed by atoms with Gasteiger partial charge in [0, 0.05) is 6.04 Å². The van der Waals surface area contributed by atoms with Crippen molar-refractivity contribution in [2.45, 2.75) is 32.4 Å². The molecule has 1 aliphatic heterocycles. The molecular weight excluding hydrogens is 114 g/mol. The smallest absolute Gasteiger partial charge is 0.0707 e. The zero-order chi connectivity index (χ0) is 6.85. The first-order valence-electron chi connectivity index (χ1n) is 3.63. The molecule has 0 unspecified atom stereocenters. The van der Waals surface area contributed by atoms with Crippen LogP contribution in [0.25, 0.3) is 0 Å². The lowest BCUT2D eigenvalue weighted by Gasteiger charge is -2.17. The van der Waals surface area contributed by atoms with Crippen molar-refractivity contribution in [2.24, 2.45) is 5.92 Å². The van der Waals surface area contributed by atoms with Crippen LogP contribution in [0.1, 0.15) is 20.3 Å². The normalized spacial score (nSPS) is 36.0. The molecule has 0 aromatic rings. The van der Waals surface area contributed by atoms with E-state index in [0.29, 0.717) is 12.0 Å². The summed E-state index contributed by atoms with van der Waals surface area (Å²) in [5.41, 5.74) is 0. The van der Waals surface area contributed by atoms with E-state index >= 15 is 0 Å². The third-order valence-electron chi connectivity index (χ3n) is 1.95. The van der Waals surface area contributed by atoms with Gasteiger partial charge < -0.3 is 10.4 Å². The molecule has 0 amide bonds. The third-order valence-corrected chi connectivity index (χ3v) is 1.95. The third kappa shape index (κ3) is 1.43. The summed E-state index contributed by atoms with van der Waals surface area (Å²) < 4.78 is 0. The lowest BCUT2D eigenvalue weighted by molar-refractivity contribution is 0.139. The molecule has 9 heavy (non-hydrogen) atoms. The van der Waals surface area contributed by atoms with E-state index in [9.17, 15) is 5.11 Å². The molecule has 1 heterocycles. The maximum absolute atomic E-state index is 9.30. The van der Waals surface area contributed by atoms with E-state index < -0.39 is 0 Å². The predicted octanol–water partition coefficient (Wildman–Crippen LogP) is 0.365. The van der Waals surface area contributed by atoms with E-state index in [1.54, 1.807) is 0 Å². The highest BCUT2D eigenvalue weighted by Gasteiger charge is 2.26. The van der Waals surface area contributed by atoms with Crippen LogP contribution in [0.15, 0.2) is 0 Å². The molecule has 0 aliphatic carbocycles. The van der Waals surface area contributed by atoms with Gasteiger partial charge in [-0.2, -0.15) is 0 Å². The molecule has 1 aliphatic rings. The summed E-state index contributed by atoms with van der Waals surface area (Å²) in [7, 11) is 0. The Kier molecular flexibility index (Phi) is 2.09. The van der Waals surface area contributed by atoms with Crippen molar-refractivity contribution in [2.75, 3.05) is 6.54 Å². The minimum absolute atomic E-state index is 0.106. The first kappa shape index (κ1) is 7.03. The van der Waals surface area contributed by atoms with Crippen molar-refractivity contribution in [1.29, 1.82) is 0 Å². The van der Waals surface area contributed by atoms with Crippen LogP contribution in [0.2, 0.25) is 0 Å². The lowest BCUT2D eigenvalue weighted by atomic mass is 10.0. The van der Waals surface area contributed by atoms with Crippen LogP contribution in [0.3, 0.4) is 0 Å². The Hall–Kier alpha value is -0.0800. The average Bonchev–Trinajstić information content (AvgIpc) is 2.13. The molecule has 2 atom stereocenters. The van der Waals surface area contributed by atoms with Crippen molar-refractivity contribution >= 4 is 0 Å². The van der Waals surface area contributed by atoms with Crippen molar-refractivity contribution in [3.63, 3.8) is 0 Å². The molecule has 0 spiro atoms. The molecule has 2 nitrogen and oxygen atoms in total. The molecule has 2 N–H and O–H groups in total. The fraction of sp³-hybridized carbons (Fsp3) is 1.00. The van der Waals surface area contributed by atoms with Crippen molar-refractivity contribution in [3.8, 4) is 0 Å². The van der Waals surface area contributed by atoms with Crippen LogP contribution < -0.4 is 5.32 Å². The summed E-state index contributed by atoms with van der Waals surface area (Å²) in [4.78, 5) is 0. The molecule has 0 radical (unpaired) electrons. The molecule has 54 valence electrons. The van der Waals surface area contributed by atoms with E-state index in [1.165, 1.54) is 0 Å². The van der Waals surface area contributed by atoms with Gasteiger partial charge in [-0.1, -0.05) is 13.8 Å². The summed E-state index contributed by atoms with van der Waals surface area (Å²) >= 11 is 0. The standard InChI is InChI=1S/C7H15NO/c1-5(2)7-6(9)3-4-8-7/h5-9H,3-4H2,1-2H3/t6-,7-/m0/s1. The van der Waals surface area contributed by atoms with Crippen molar-refractivity contribution in [3.05, 3.63) is 0 Å². The van der Waals surface area contributed by atoms with Gasteiger partial charge in [0.25, 0.3) is 0 Å². The van der Waals surface area contributed by atoms with Crippen LogP contribution in [0.5, 0.6) is 0 Å². The first-order valence-corrected chi connectivity index (χ1v) is 3.63. The summed E-state index contributed by atoms with van der Waals surface area (Å²) in [5, 5.41) is 12.6. The van der Waals surface area contributed by atoms with Crippen LogP contribution >= 0.6 is 0 Å².